The quantitative estimate of drug-likeness (QED) is 0.657. The fourth-order valence-electron chi connectivity index (χ4n) is 2.51. The molecule has 1 aliphatic rings. The van der Waals surface area contributed by atoms with Crippen LogP contribution in [-0.4, -0.2) is 40.5 Å². The van der Waals surface area contributed by atoms with Crippen LogP contribution in [0.25, 0.3) is 0 Å². The Morgan fingerprint density at radius 2 is 1.80 bits per heavy atom. The predicted octanol–water partition coefficient (Wildman–Crippen LogP) is 1.82. The summed E-state index contributed by atoms with van der Waals surface area (Å²) in [5, 5.41) is 3.48. The number of nitrogens with one attached hydrogen (secondary N) is 1. The van der Waals surface area contributed by atoms with Crippen molar-refractivity contribution < 1.29 is 9.47 Å². The second kappa shape index (κ2) is 7.20. The highest BCUT2D eigenvalue weighted by molar-refractivity contribution is 4.84. The van der Waals surface area contributed by atoms with Gasteiger partial charge in [0.15, 0.2) is 0 Å². The van der Waals surface area contributed by atoms with E-state index in [1.54, 1.807) is 7.11 Å². The fourth-order valence-corrected chi connectivity index (χ4v) is 2.51. The van der Waals surface area contributed by atoms with Crippen molar-refractivity contribution in [2.45, 2.75) is 32.1 Å². The molecular formula is C12H25NO2. The minimum absolute atomic E-state index is 0.390. The highest BCUT2D eigenvalue weighted by Crippen LogP contribution is 2.35. The van der Waals surface area contributed by atoms with Gasteiger partial charge < -0.3 is 14.8 Å². The first kappa shape index (κ1) is 12.9. The third-order valence-electron chi connectivity index (χ3n) is 3.35. The Kier molecular flexibility index (Phi) is 6.22. The zero-order valence-electron chi connectivity index (χ0n) is 10.2. The fraction of sp³-hybridized carbons (Fsp3) is 1.00. The SMILES string of the molecule is COCCNCC1(COC)CCCCC1. The van der Waals surface area contributed by atoms with E-state index in [4.69, 9.17) is 9.47 Å². The number of ether oxygens (including phenoxy) is 2. The first-order valence-corrected chi connectivity index (χ1v) is 6.02. The van der Waals surface area contributed by atoms with Gasteiger partial charge in [-0.15, -0.1) is 0 Å². The summed E-state index contributed by atoms with van der Waals surface area (Å²) in [6, 6.07) is 0. The van der Waals surface area contributed by atoms with Crippen LogP contribution in [0, 0.1) is 5.41 Å². The molecule has 0 radical (unpaired) electrons. The van der Waals surface area contributed by atoms with Crippen LogP contribution in [0.15, 0.2) is 0 Å². The largest absolute Gasteiger partial charge is 0.384 e. The molecule has 1 aliphatic carbocycles. The molecule has 15 heavy (non-hydrogen) atoms. The number of methoxy groups -OCH3 is 2. The van der Waals surface area contributed by atoms with Crippen LogP contribution in [0.4, 0.5) is 0 Å². The van der Waals surface area contributed by atoms with Gasteiger partial charge in [0, 0.05) is 32.7 Å². The van der Waals surface area contributed by atoms with Crippen molar-refractivity contribution in [1.29, 1.82) is 0 Å². The maximum absolute atomic E-state index is 5.37. The van der Waals surface area contributed by atoms with Crippen LogP contribution < -0.4 is 5.32 Å². The normalized spacial score (nSPS) is 20.4. The minimum atomic E-state index is 0.390. The van der Waals surface area contributed by atoms with E-state index in [1.165, 1.54) is 32.1 Å². The average Bonchev–Trinajstić information content (AvgIpc) is 2.26. The summed E-state index contributed by atoms with van der Waals surface area (Å²) in [5.41, 5.74) is 0.390. The Balaban J connectivity index is 2.28. The van der Waals surface area contributed by atoms with E-state index in [9.17, 15) is 0 Å². The van der Waals surface area contributed by atoms with Gasteiger partial charge in [0.2, 0.25) is 0 Å². The first-order valence-electron chi connectivity index (χ1n) is 6.02. The molecule has 0 unspecified atom stereocenters. The lowest BCUT2D eigenvalue weighted by Crippen LogP contribution is -2.40. The maximum Gasteiger partial charge on any atom is 0.0587 e. The molecule has 0 aromatic carbocycles. The lowest BCUT2D eigenvalue weighted by atomic mass is 9.74. The van der Waals surface area contributed by atoms with Gasteiger partial charge in [-0.3, -0.25) is 0 Å². The van der Waals surface area contributed by atoms with Gasteiger partial charge in [0.05, 0.1) is 13.2 Å². The first-order chi connectivity index (χ1) is 7.33. The third kappa shape index (κ3) is 4.49. The van der Waals surface area contributed by atoms with E-state index < -0.39 is 0 Å². The van der Waals surface area contributed by atoms with E-state index in [0.29, 0.717) is 5.41 Å². The summed E-state index contributed by atoms with van der Waals surface area (Å²) in [4.78, 5) is 0. The van der Waals surface area contributed by atoms with Crippen LogP contribution >= 0.6 is 0 Å². The van der Waals surface area contributed by atoms with Crippen molar-refractivity contribution in [2.24, 2.45) is 5.41 Å². The third-order valence-corrected chi connectivity index (χ3v) is 3.35. The van der Waals surface area contributed by atoms with E-state index in [0.717, 1.165) is 26.3 Å². The van der Waals surface area contributed by atoms with Gasteiger partial charge in [-0.2, -0.15) is 0 Å². The van der Waals surface area contributed by atoms with Crippen LogP contribution in [0.5, 0.6) is 0 Å². The minimum Gasteiger partial charge on any atom is -0.384 e. The molecule has 90 valence electrons. The van der Waals surface area contributed by atoms with Crippen molar-refractivity contribution in [3.63, 3.8) is 0 Å². The van der Waals surface area contributed by atoms with E-state index in [1.807, 2.05) is 7.11 Å². The van der Waals surface area contributed by atoms with Gasteiger partial charge >= 0.3 is 0 Å². The summed E-state index contributed by atoms with van der Waals surface area (Å²) < 4.78 is 10.4. The van der Waals surface area contributed by atoms with Gasteiger partial charge in [0.1, 0.15) is 0 Å². The summed E-state index contributed by atoms with van der Waals surface area (Å²) in [7, 11) is 3.55. The molecule has 0 aromatic heterocycles. The highest BCUT2D eigenvalue weighted by Gasteiger charge is 2.31. The van der Waals surface area contributed by atoms with Gasteiger partial charge in [-0.05, 0) is 12.8 Å². The van der Waals surface area contributed by atoms with Crippen molar-refractivity contribution in [2.75, 3.05) is 40.5 Å². The van der Waals surface area contributed by atoms with Crippen molar-refractivity contribution in [3.05, 3.63) is 0 Å². The Hall–Kier alpha value is -0.120. The summed E-state index contributed by atoms with van der Waals surface area (Å²) in [6.45, 7) is 3.71. The Morgan fingerprint density at radius 1 is 1.07 bits per heavy atom. The van der Waals surface area contributed by atoms with Crippen molar-refractivity contribution in [1.82, 2.24) is 5.32 Å². The van der Waals surface area contributed by atoms with Gasteiger partial charge in [-0.25, -0.2) is 0 Å². The van der Waals surface area contributed by atoms with Crippen LogP contribution in [0.1, 0.15) is 32.1 Å². The Morgan fingerprint density at radius 3 is 2.40 bits per heavy atom. The average molecular weight is 215 g/mol. The number of hydrogen-bond donors (Lipinski definition) is 1. The molecule has 0 amide bonds. The molecule has 0 heterocycles. The van der Waals surface area contributed by atoms with Crippen LogP contribution in [0.2, 0.25) is 0 Å². The molecule has 0 aromatic rings. The number of hydrogen-bond acceptors (Lipinski definition) is 3. The van der Waals surface area contributed by atoms with Gasteiger partial charge in [0.25, 0.3) is 0 Å². The zero-order valence-corrected chi connectivity index (χ0v) is 10.2. The second-order valence-corrected chi connectivity index (χ2v) is 4.66. The predicted molar refractivity (Wildman–Crippen MR) is 62.1 cm³/mol. The molecule has 1 rings (SSSR count). The lowest BCUT2D eigenvalue weighted by Gasteiger charge is -2.37. The highest BCUT2D eigenvalue weighted by atomic mass is 16.5. The van der Waals surface area contributed by atoms with E-state index in [2.05, 4.69) is 5.32 Å². The smallest absolute Gasteiger partial charge is 0.0587 e. The van der Waals surface area contributed by atoms with E-state index in [-0.39, 0.29) is 0 Å². The van der Waals surface area contributed by atoms with Crippen molar-refractivity contribution >= 4 is 0 Å². The maximum atomic E-state index is 5.37. The molecule has 0 aliphatic heterocycles. The van der Waals surface area contributed by atoms with E-state index >= 15 is 0 Å². The zero-order chi connectivity index (χ0) is 11.0. The Bertz CT molecular complexity index is 150. The van der Waals surface area contributed by atoms with Crippen LogP contribution in [0.3, 0.4) is 0 Å². The standard InChI is InChI=1S/C12H25NO2/c1-14-9-8-13-10-12(11-15-2)6-4-3-5-7-12/h13H,3-11H2,1-2H3. The van der Waals surface area contributed by atoms with Crippen LogP contribution in [-0.2, 0) is 9.47 Å². The molecule has 0 saturated heterocycles. The molecule has 1 fully saturated rings. The molecule has 1 saturated carbocycles. The molecular weight excluding hydrogens is 190 g/mol. The molecule has 0 bridgehead atoms. The second-order valence-electron chi connectivity index (χ2n) is 4.66. The number of rotatable bonds is 7. The summed E-state index contributed by atoms with van der Waals surface area (Å²) >= 11 is 0. The van der Waals surface area contributed by atoms with Gasteiger partial charge in [-0.1, -0.05) is 19.3 Å². The Labute approximate surface area is 93.5 Å². The summed E-state index contributed by atoms with van der Waals surface area (Å²) in [6.07, 6.45) is 6.72. The summed E-state index contributed by atoms with van der Waals surface area (Å²) in [5.74, 6) is 0. The molecule has 0 atom stereocenters. The van der Waals surface area contributed by atoms with Crippen molar-refractivity contribution in [3.8, 4) is 0 Å². The molecule has 3 heteroatoms. The topological polar surface area (TPSA) is 30.5 Å². The monoisotopic (exact) mass is 215 g/mol. The molecule has 3 nitrogen and oxygen atoms in total. The molecule has 1 N–H and O–H groups in total. The molecule has 0 spiro atoms. The lowest BCUT2D eigenvalue weighted by molar-refractivity contribution is 0.0471.